The predicted octanol–water partition coefficient (Wildman–Crippen LogP) is 1.03. The number of nitrogens with zero attached hydrogens (tertiary/aromatic N) is 3. The molecule has 0 aliphatic rings. The van der Waals surface area contributed by atoms with Gasteiger partial charge in [0.2, 0.25) is 0 Å². The molecule has 0 aliphatic carbocycles. The van der Waals surface area contributed by atoms with Gasteiger partial charge in [-0.1, -0.05) is 17.3 Å². The number of rotatable bonds is 4. The van der Waals surface area contributed by atoms with E-state index in [0.717, 1.165) is 11.3 Å². The number of hydrogen-bond acceptors (Lipinski definition) is 4. The van der Waals surface area contributed by atoms with Crippen LogP contribution < -0.4 is 4.74 Å². The highest BCUT2D eigenvalue weighted by Crippen LogP contribution is 2.12. The molecular weight excluding hydrogens is 222 g/mol. The summed E-state index contributed by atoms with van der Waals surface area (Å²) in [5.74, 6) is -0.283. The average Bonchev–Trinajstić information content (AvgIpc) is 2.78. The third kappa shape index (κ3) is 2.41. The Kier molecular flexibility index (Phi) is 3.04. The minimum atomic E-state index is -1.04. The van der Waals surface area contributed by atoms with Gasteiger partial charge in [-0.3, -0.25) is 0 Å². The Hall–Kier alpha value is -2.37. The summed E-state index contributed by atoms with van der Waals surface area (Å²) in [7, 11) is 1.59. The van der Waals surface area contributed by atoms with Gasteiger partial charge in [0.15, 0.2) is 5.69 Å². The zero-order chi connectivity index (χ0) is 12.3. The lowest BCUT2D eigenvalue weighted by Gasteiger charge is -2.04. The predicted molar refractivity (Wildman–Crippen MR) is 59.1 cm³/mol. The fourth-order valence-electron chi connectivity index (χ4n) is 1.44. The first kappa shape index (κ1) is 11.1. The summed E-state index contributed by atoms with van der Waals surface area (Å²) in [6, 6.07) is 7.33. The van der Waals surface area contributed by atoms with E-state index in [1.54, 1.807) is 7.11 Å². The zero-order valence-electron chi connectivity index (χ0n) is 9.20. The maximum absolute atomic E-state index is 10.9. The maximum atomic E-state index is 10.9. The van der Waals surface area contributed by atoms with Crippen LogP contribution >= 0.6 is 0 Å². The lowest BCUT2D eigenvalue weighted by molar-refractivity contribution is 0.0684. The van der Waals surface area contributed by atoms with Crippen molar-refractivity contribution in [1.82, 2.24) is 15.0 Å². The minimum absolute atomic E-state index is 0.0702. The number of aromatic carboxylic acids is 1. The fraction of sp³-hybridized carbons (Fsp3) is 0.182. The van der Waals surface area contributed by atoms with Gasteiger partial charge < -0.3 is 9.84 Å². The molecule has 6 nitrogen and oxygen atoms in total. The van der Waals surface area contributed by atoms with Crippen LogP contribution in [0.2, 0.25) is 0 Å². The van der Waals surface area contributed by atoms with Crippen molar-refractivity contribution in [2.45, 2.75) is 6.54 Å². The third-order valence-corrected chi connectivity index (χ3v) is 2.33. The van der Waals surface area contributed by atoms with Crippen LogP contribution in [0.4, 0.5) is 0 Å². The van der Waals surface area contributed by atoms with Gasteiger partial charge in [0.1, 0.15) is 5.75 Å². The molecule has 0 saturated carbocycles. The van der Waals surface area contributed by atoms with E-state index in [4.69, 9.17) is 9.84 Å². The molecule has 0 aliphatic heterocycles. The Bertz CT molecular complexity index is 519. The molecule has 17 heavy (non-hydrogen) atoms. The summed E-state index contributed by atoms with van der Waals surface area (Å²) in [6.07, 6.45) is 1.23. The van der Waals surface area contributed by atoms with Crippen molar-refractivity contribution < 1.29 is 14.6 Å². The Labute approximate surface area is 97.4 Å². The second-order valence-electron chi connectivity index (χ2n) is 3.43. The number of hydrogen-bond donors (Lipinski definition) is 1. The van der Waals surface area contributed by atoms with Gasteiger partial charge in [0.05, 0.1) is 19.9 Å². The number of benzene rings is 1. The molecule has 1 aromatic carbocycles. The number of carboxylic acids is 1. The van der Waals surface area contributed by atoms with Crippen LogP contribution in [0.25, 0.3) is 0 Å². The van der Waals surface area contributed by atoms with E-state index in [9.17, 15) is 4.79 Å². The van der Waals surface area contributed by atoms with Gasteiger partial charge in [-0.2, -0.15) is 0 Å². The Morgan fingerprint density at radius 1 is 1.41 bits per heavy atom. The summed E-state index contributed by atoms with van der Waals surface area (Å²) in [6.45, 7) is 0.367. The van der Waals surface area contributed by atoms with E-state index in [1.165, 1.54) is 10.9 Å². The highest BCUT2D eigenvalue weighted by molar-refractivity contribution is 5.85. The van der Waals surface area contributed by atoms with Crippen molar-refractivity contribution in [1.29, 1.82) is 0 Å². The normalized spacial score (nSPS) is 10.2. The molecule has 0 unspecified atom stereocenters. The molecule has 0 radical (unpaired) electrons. The Morgan fingerprint density at radius 2 is 2.12 bits per heavy atom. The monoisotopic (exact) mass is 233 g/mol. The topological polar surface area (TPSA) is 77.2 Å². The van der Waals surface area contributed by atoms with Crippen LogP contribution in [0, 0.1) is 0 Å². The van der Waals surface area contributed by atoms with E-state index in [2.05, 4.69) is 10.3 Å². The molecule has 2 rings (SSSR count). The molecule has 1 N–H and O–H groups in total. The number of methoxy groups -OCH3 is 1. The summed E-state index contributed by atoms with van der Waals surface area (Å²) < 4.78 is 6.37. The van der Waals surface area contributed by atoms with E-state index >= 15 is 0 Å². The van der Waals surface area contributed by atoms with Crippen molar-refractivity contribution in [3.05, 3.63) is 41.7 Å². The number of ether oxygens (including phenoxy) is 1. The summed E-state index contributed by atoms with van der Waals surface area (Å²) in [5, 5.41) is 16.2. The van der Waals surface area contributed by atoms with Gasteiger partial charge in [-0.05, 0) is 17.7 Å². The van der Waals surface area contributed by atoms with Crippen LogP contribution in [0.1, 0.15) is 16.1 Å². The SMILES string of the molecule is COc1ccc(Cn2nncc2C(=O)O)cc1. The van der Waals surface area contributed by atoms with E-state index in [0.29, 0.717) is 6.54 Å². The van der Waals surface area contributed by atoms with Crippen LogP contribution in [0.3, 0.4) is 0 Å². The molecule has 0 saturated heterocycles. The van der Waals surface area contributed by atoms with E-state index in [1.807, 2.05) is 24.3 Å². The van der Waals surface area contributed by atoms with Crippen molar-refractivity contribution >= 4 is 5.97 Å². The first-order chi connectivity index (χ1) is 8.20. The molecule has 6 heteroatoms. The van der Waals surface area contributed by atoms with Crippen LogP contribution in [-0.4, -0.2) is 33.2 Å². The smallest absolute Gasteiger partial charge is 0.355 e. The standard InChI is InChI=1S/C11H11N3O3/c1-17-9-4-2-8(3-5-9)7-14-10(11(15)16)6-12-13-14/h2-6H,7H2,1H3,(H,15,16). The second-order valence-corrected chi connectivity index (χ2v) is 3.43. The van der Waals surface area contributed by atoms with E-state index in [-0.39, 0.29) is 5.69 Å². The van der Waals surface area contributed by atoms with Gasteiger partial charge >= 0.3 is 5.97 Å². The molecule has 88 valence electrons. The Balaban J connectivity index is 2.19. The van der Waals surface area contributed by atoms with Crippen LogP contribution in [-0.2, 0) is 6.54 Å². The minimum Gasteiger partial charge on any atom is -0.497 e. The first-order valence-corrected chi connectivity index (χ1v) is 4.95. The highest BCUT2D eigenvalue weighted by Gasteiger charge is 2.11. The van der Waals surface area contributed by atoms with Crippen molar-refractivity contribution in [3.63, 3.8) is 0 Å². The van der Waals surface area contributed by atoms with Crippen molar-refractivity contribution in [3.8, 4) is 5.75 Å². The quantitative estimate of drug-likeness (QED) is 0.853. The van der Waals surface area contributed by atoms with Crippen LogP contribution in [0.5, 0.6) is 5.75 Å². The molecular formula is C11H11N3O3. The third-order valence-electron chi connectivity index (χ3n) is 2.33. The summed E-state index contributed by atoms with van der Waals surface area (Å²) >= 11 is 0. The number of carboxylic acid groups (broad SMARTS) is 1. The molecule has 0 fully saturated rings. The summed E-state index contributed by atoms with van der Waals surface area (Å²) in [5.41, 5.74) is 1.000. The van der Waals surface area contributed by atoms with Gasteiger partial charge in [0, 0.05) is 0 Å². The van der Waals surface area contributed by atoms with Gasteiger partial charge in [0.25, 0.3) is 0 Å². The largest absolute Gasteiger partial charge is 0.497 e. The number of carbonyl (C=O) groups is 1. The first-order valence-electron chi connectivity index (χ1n) is 4.95. The molecule has 0 amide bonds. The lowest BCUT2D eigenvalue weighted by atomic mass is 10.2. The van der Waals surface area contributed by atoms with Crippen LogP contribution in [0.15, 0.2) is 30.5 Å². The average molecular weight is 233 g/mol. The lowest BCUT2D eigenvalue weighted by Crippen LogP contribution is -2.10. The zero-order valence-corrected chi connectivity index (χ0v) is 9.20. The second kappa shape index (κ2) is 4.65. The maximum Gasteiger partial charge on any atom is 0.355 e. The Morgan fingerprint density at radius 3 is 2.71 bits per heavy atom. The highest BCUT2D eigenvalue weighted by atomic mass is 16.5. The molecule has 0 bridgehead atoms. The number of aromatic nitrogens is 3. The van der Waals surface area contributed by atoms with E-state index < -0.39 is 5.97 Å². The molecule has 0 spiro atoms. The molecule has 1 aromatic heterocycles. The van der Waals surface area contributed by atoms with Gasteiger partial charge in [-0.15, -0.1) is 5.10 Å². The van der Waals surface area contributed by atoms with Gasteiger partial charge in [-0.25, -0.2) is 9.48 Å². The molecule has 1 heterocycles. The molecule has 0 atom stereocenters. The summed E-state index contributed by atoms with van der Waals surface area (Å²) in [4.78, 5) is 10.9. The fourth-order valence-corrected chi connectivity index (χ4v) is 1.44. The van der Waals surface area contributed by atoms with Crippen molar-refractivity contribution in [2.24, 2.45) is 0 Å². The van der Waals surface area contributed by atoms with Crippen molar-refractivity contribution in [2.75, 3.05) is 7.11 Å². The molecule has 2 aromatic rings.